The van der Waals surface area contributed by atoms with E-state index in [9.17, 15) is 5.11 Å². The molecular weight excluding hydrogens is 412 g/mol. The number of aromatic hydroxyl groups is 1. The number of hydrogen-bond donors (Lipinski definition) is 3. The normalized spacial score (nSPS) is 16.0. The van der Waals surface area contributed by atoms with Crippen LogP contribution in [0, 0.1) is 0 Å². The Hall–Kier alpha value is -2.86. The maximum atomic E-state index is 9.53. The van der Waals surface area contributed by atoms with E-state index in [0.717, 1.165) is 36.1 Å². The summed E-state index contributed by atoms with van der Waals surface area (Å²) in [7, 11) is 0. The quantitative estimate of drug-likeness (QED) is 0.379. The highest BCUT2D eigenvalue weighted by Crippen LogP contribution is 2.31. The number of hydrogen-bond acceptors (Lipinski definition) is 4. The van der Waals surface area contributed by atoms with Gasteiger partial charge in [-0.25, -0.2) is 4.98 Å². The van der Waals surface area contributed by atoms with Crippen molar-refractivity contribution in [3.8, 4) is 28.3 Å². The molecule has 1 aliphatic rings. The third-order valence-electron chi connectivity index (χ3n) is 5.28. The van der Waals surface area contributed by atoms with Crippen molar-refractivity contribution in [3.05, 3.63) is 71.8 Å². The van der Waals surface area contributed by atoms with Crippen LogP contribution < -0.4 is 0 Å². The van der Waals surface area contributed by atoms with Crippen LogP contribution in [-0.4, -0.2) is 39.5 Å². The lowest BCUT2D eigenvalue weighted by Crippen LogP contribution is -2.22. The molecule has 1 atom stereocenters. The molecule has 1 saturated heterocycles. The lowest BCUT2D eigenvalue weighted by Gasteiger charge is -2.19. The average molecular weight is 437 g/mol. The SMILES string of the molecule is OC[C@@H]1CCCCO1.Oc1cc2nc(-c3ccc(-c4ccccc4)cc3)c(Cl)cc2[nH]1. The minimum atomic E-state index is 0.0835. The fourth-order valence-corrected chi connectivity index (χ4v) is 3.88. The van der Waals surface area contributed by atoms with Crippen LogP contribution in [0.3, 0.4) is 0 Å². The van der Waals surface area contributed by atoms with Gasteiger partial charge in [-0.15, -0.1) is 0 Å². The number of fused-ring (bicyclic) bond motifs is 1. The molecule has 5 nitrogen and oxygen atoms in total. The van der Waals surface area contributed by atoms with Gasteiger partial charge in [-0.05, 0) is 36.5 Å². The van der Waals surface area contributed by atoms with E-state index in [-0.39, 0.29) is 18.6 Å². The zero-order valence-electron chi connectivity index (χ0n) is 17.1. The first-order valence-electron chi connectivity index (χ1n) is 10.4. The Bertz CT molecular complexity index is 1120. The number of aliphatic hydroxyl groups excluding tert-OH is 1. The molecule has 0 bridgehead atoms. The topological polar surface area (TPSA) is 78.4 Å². The molecule has 3 N–H and O–H groups in total. The van der Waals surface area contributed by atoms with E-state index in [1.165, 1.54) is 12.0 Å². The van der Waals surface area contributed by atoms with Gasteiger partial charge in [0.1, 0.15) is 0 Å². The van der Waals surface area contributed by atoms with Gasteiger partial charge in [-0.2, -0.15) is 0 Å². The largest absolute Gasteiger partial charge is 0.495 e. The summed E-state index contributed by atoms with van der Waals surface area (Å²) in [6, 6.07) is 21.7. The Morgan fingerprint density at radius 3 is 2.32 bits per heavy atom. The number of ether oxygens (including phenoxy) is 1. The summed E-state index contributed by atoms with van der Waals surface area (Å²) in [5.74, 6) is 0.0835. The van der Waals surface area contributed by atoms with Crippen molar-refractivity contribution >= 4 is 22.6 Å². The van der Waals surface area contributed by atoms with Crippen molar-refractivity contribution in [1.29, 1.82) is 0 Å². The molecule has 2 aromatic carbocycles. The first kappa shape index (κ1) is 21.4. The molecule has 0 unspecified atom stereocenters. The number of H-pyrrole nitrogens is 1. The maximum absolute atomic E-state index is 9.53. The van der Waals surface area contributed by atoms with Crippen molar-refractivity contribution in [3.63, 3.8) is 0 Å². The molecule has 0 saturated carbocycles. The lowest BCUT2D eigenvalue weighted by atomic mass is 10.0. The maximum Gasteiger partial charge on any atom is 0.190 e. The monoisotopic (exact) mass is 436 g/mol. The van der Waals surface area contributed by atoms with Gasteiger partial charge in [0.15, 0.2) is 5.88 Å². The van der Waals surface area contributed by atoms with E-state index < -0.39 is 0 Å². The zero-order chi connectivity index (χ0) is 21.6. The van der Waals surface area contributed by atoms with Crippen molar-refractivity contribution < 1.29 is 14.9 Å². The highest BCUT2D eigenvalue weighted by atomic mass is 35.5. The summed E-state index contributed by atoms with van der Waals surface area (Å²) >= 11 is 6.34. The van der Waals surface area contributed by atoms with E-state index in [0.29, 0.717) is 16.2 Å². The minimum Gasteiger partial charge on any atom is -0.495 e. The summed E-state index contributed by atoms with van der Waals surface area (Å²) in [4.78, 5) is 7.36. The smallest absolute Gasteiger partial charge is 0.190 e. The van der Waals surface area contributed by atoms with E-state index in [4.69, 9.17) is 21.4 Å². The lowest BCUT2D eigenvalue weighted by molar-refractivity contribution is -0.0172. The molecule has 1 fully saturated rings. The summed E-state index contributed by atoms with van der Waals surface area (Å²) in [5.41, 5.74) is 5.37. The number of nitrogens with one attached hydrogen (secondary N) is 1. The summed E-state index contributed by atoms with van der Waals surface area (Å²) in [6.07, 6.45) is 3.56. The molecule has 0 aliphatic carbocycles. The predicted molar refractivity (Wildman–Crippen MR) is 124 cm³/mol. The fraction of sp³-hybridized carbons (Fsp3) is 0.240. The molecule has 4 aromatic rings. The van der Waals surface area contributed by atoms with Gasteiger partial charge in [-0.1, -0.05) is 66.2 Å². The standard InChI is InChI=1S/C19H13ClN2O.C6H12O2/c20-15-10-16-17(11-18(23)21-16)22-19(15)14-8-6-13(7-9-14)12-4-2-1-3-5-12;7-5-6-3-1-2-4-8-6/h1-11,21,23H;6-7H,1-5H2/t;6-/m.0/s1. The summed E-state index contributed by atoms with van der Waals surface area (Å²) in [5, 5.41) is 18.6. The van der Waals surface area contributed by atoms with Crippen molar-refractivity contribution in [2.45, 2.75) is 25.4 Å². The molecule has 1 aliphatic heterocycles. The van der Waals surface area contributed by atoms with Crippen LogP contribution in [0.2, 0.25) is 5.02 Å². The number of aromatic amines is 1. The van der Waals surface area contributed by atoms with Gasteiger partial charge in [0, 0.05) is 18.2 Å². The summed E-state index contributed by atoms with van der Waals surface area (Å²) in [6.45, 7) is 1.03. The van der Waals surface area contributed by atoms with Crippen LogP contribution in [-0.2, 0) is 4.74 Å². The molecule has 0 amide bonds. The number of pyridine rings is 1. The van der Waals surface area contributed by atoms with E-state index in [2.05, 4.69) is 34.2 Å². The number of benzene rings is 2. The zero-order valence-corrected chi connectivity index (χ0v) is 17.8. The van der Waals surface area contributed by atoms with Crippen molar-refractivity contribution in [1.82, 2.24) is 9.97 Å². The molecule has 3 heterocycles. The molecule has 160 valence electrons. The van der Waals surface area contributed by atoms with Gasteiger partial charge < -0.3 is 19.9 Å². The Balaban J connectivity index is 0.000000245. The van der Waals surface area contributed by atoms with Gasteiger partial charge in [0.2, 0.25) is 0 Å². The molecule has 0 spiro atoms. The molecule has 2 aromatic heterocycles. The first-order chi connectivity index (χ1) is 15.1. The van der Waals surface area contributed by atoms with Gasteiger partial charge >= 0.3 is 0 Å². The van der Waals surface area contributed by atoms with Gasteiger partial charge in [-0.3, -0.25) is 0 Å². The van der Waals surface area contributed by atoms with Gasteiger partial charge in [0.05, 0.1) is 34.5 Å². The van der Waals surface area contributed by atoms with Crippen LogP contribution in [0.5, 0.6) is 5.88 Å². The third kappa shape index (κ3) is 5.25. The van der Waals surface area contributed by atoms with Crippen molar-refractivity contribution in [2.75, 3.05) is 13.2 Å². The van der Waals surface area contributed by atoms with Crippen LogP contribution >= 0.6 is 11.6 Å². The molecule has 5 rings (SSSR count). The second kappa shape index (κ2) is 9.96. The highest BCUT2D eigenvalue weighted by molar-refractivity contribution is 6.33. The van der Waals surface area contributed by atoms with Crippen molar-refractivity contribution in [2.24, 2.45) is 0 Å². The Morgan fingerprint density at radius 1 is 0.968 bits per heavy atom. The molecule has 0 radical (unpaired) electrons. The fourth-order valence-electron chi connectivity index (χ4n) is 3.62. The molecule has 6 heteroatoms. The van der Waals surface area contributed by atoms with E-state index in [1.807, 2.05) is 30.3 Å². The minimum absolute atomic E-state index is 0.0835. The summed E-state index contributed by atoms with van der Waals surface area (Å²) < 4.78 is 5.18. The third-order valence-corrected chi connectivity index (χ3v) is 5.57. The second-order valence-electron chi connectivity index (χ2n) is 7.52. The van der Waals surface area contributed by atoms with Crippen LogP contribution in [0.4, 0.5) is 0 Å². The first-order valence-corrected chi connectivity index (χ1v) is 10.8. The highest BCUT2D eigenvalue weighted by Gasteiger charge is 2.11. The number of aromatic nitrogens is 2. The van der Waals surface area contributed by atoms with E-state index in [1.54, 1.807) is 12.1 Å². The van der Waals surface area contributed by atoms with E-state index >= 15 is 0 Å². The molecular formula is C25H25ClN2O3. The van der Waals surface area contributed by atoms with Gasteiger partial charge in [0.25, 0.3) is 0 Å². The number of rotatable bonds is 3. The predicted octanol–water partition coefficient (Wildman–Crippen LogP) is 5.80. The van der Waals surface area contributed by atoms with Crippen LogP contribution in [0.1, 0.15) is 19.3 Å². The number of aliphatic hydroxyl groups is 1. The molecule has 31 heavy (non-hydrogen) atoms. The second-order valence-corrected chi connectivity index (χ2v) is 7.93. The Morgan fingerprint density at radius 2 is 1.68 bits per heavy atom. The van der Waals surface area contributed by atoms with Crippen LogP contribution in [0.15, 0.2) is 66.7 Å². The number of nitrogens with zero attached hydrogens (tertiary/aromatic N) is 1. The Labute approximate surface area is 186 Å². The Kier molecular flexibility index (Phi) is 6.87. The average Bonchev–Trinajstić information content (AvgIpc) is 3.19. The number of halogens is 1. The van der Waals surface area contributed by atoms with Crippen LogP contribution in [0.25, 0.3) is 33.4 Å².